The first-order valence-corrected chi connectivity index (χ1v) is 4.39. The van der Waals surface area contributed by atoms with Crippen molar-refractivity contribution in [2.45, 2.75) is 0 Å². The normalized spacial score (nSPS) is 10.9. The van der Waals surface area contributed by atoms with E-state index in [4.69, 9.17) is 5.11 Å². The summed E-state index contributed by atoms with van der Waals surface area (Å²) in [5.41, 5.74) is 1.69. The SMILES string of the molecule is CN(C)c1cc(F)ccc1/C=C/CO. The van der Waals surface area contributed by atoms with Crippen LogP contribution >= 0.6 is 0 Å². The standard InChI is InChI=1S/C11H14FNO/c1-13(2)11-8-10(12)6-5-9(11)4-3-7-14/h3-6,8,14H,7H2,1-2H3/b4-3+. The number of nitrogens with zero attached hydrogens (tertiary/aromatic N) is 1. The van der Waals surface area contributed by atoms with E-state index in [1.165, 1.54) is 12.1 Å². The molecular formula is C11H14FNO. The maximum atomic E-state index is 12.9. The molecular weight excluding hydrogens is 181 g/mol. The molecule has 2 nitrogen and oxygen atoms in total. The number of anilines is 1. The summed E-state index contributed by atoms with van der Waals surface area (Å²) in [6.07, 6.45) is 3.40. The number of aliphatic hydroxyl groups excluding tert-OH is 1. The van der Waals surface area contributed by atoms with Gasteiger partial charge in [0, 0.05) is 19.8 Å². The van der Waals surface area contributed by atoms with Gasteiger partial charge in [-0.2, -0.15) is 0 Å². The minimum absolute atomic E-state index is 0.00968. The van der Waals surface area contributed by atoms with Crippen molar-refractivity contribution in [1.29, 1.82) is 0 Å². The Kier molecular flexibility index (Phi) is 3.65. The first-order chi connectivity index (χ1) is 6.65. The number of hydrogen-bond acceptors (Lipinski definition) is 2. The Balaban J connectivity index is 3.08. The summed E-state index contributed by atoms with van der Waals surface area (Å²) in [4.78, 5) is 1.83. The predicted molar refractivity (Wildman–Crippen MR) is 56.8 cm³/mol. The highest BCUT2D eigenvalue weighted by Gasteiger charge is 2.02. The van der Waals surface area contributed by atoms with Gasteiger partial charge in [-0.3, -0.25) is 0 Å². The van der Waals surface area contributed by atoms with Crippen LogP contribution in [0.5, 0.6) is 0 Å². The third-order valence-corrected chi connectivity index (χ3v) is 1.88. The van der Waals surface area contributed by atoms with Crippen LogP contribution in [0.2, 0.25) is 0 Å². The largest absolute Gasteiger partial charge is 0.392 e. The molecule has 0 heterocycles. The van der Waals surface area contributed by atoms with Gasteiger partial charge >= 0.3 is 0 Å². The van der Waals surface area contributed by atoms with Gasteiger partial charge in [0.25, 0.3) is 0 Å². The summed E-state index contributed by atoms with van der Waals surface area (Å²) < 4.78 is 12.9. The van der Waals surface area contributed by atoms with E-state index in [1.54, 1.807) is 18.2 Å². The van der Waals surface area contributed by atoms with Crippen molar-refractivity contribution < 1.29 is 9.50 Å². The molecule has 0 aliphatic carbocycles. The van der Waals surface area contributed by atoms with Crippen molar-refractivity contribution in [1.82, 2.24) is 0 Å². The fourth-order valence-corrected chi connectivity index (χ4v) is 1.22. The van der Waals surface area contributed by atoms with Gasteiger partial charge in [0.15, 0.2) is 0 Å². The number of benzene rings is 1. The van der Waals surface area contributed by atoms with Gasteiger partial charge in [0.1, 0.15) is 5.82 Å². The summed E-state index contributed by atoms with van der Waals surface area (Å²) in [5, 5.41) is 8.64. The topological polar surface area (TPSA) is 23.5 Å². The monoisotopic (exact) mass is 195 g/mol. The molecule has 0 aliphatic rings. The van der Waals surface area contributed by atoms with Crippen LogP contribution in [0.1, 0.15) is 5.56 Å². The lowest BCUT2D eigenvalue weighted by molar-refractivity contribution is 0.343. The summed E-state index contributed by atoms with van der Waals surface area (Å²) in [6.45, 7) is -0.00968. The molecule has 0 aromatic heterocycles. The fraction of sp³-hybridized carbons (Fsp3) is 0.273. The summed E-state index contributed by atoms with van der Waals surface area (Å²) in [7, 11) is 3.70. The fourth-order valence-electron chi connectivity index (χ4n) is 1.22. The van der Waals surface area contributed by atoms with Gasteiger partial charge < -0.3 is 10.0 Å². The van der Waals surface area contributed by atoms with E-state index in [1.807, 2.05) is 19.0 Å². The lowest BCUT2D eigenvalue weighted by atomic mass is 10.1. The van der Waals surface area contributed by atoms with Crippen LogP contribution in [0.25, 0.3) is 6.08 Å². The number of rotatable bonds is 3. The third-order valence-electron chi connectivity index (χ3n) is 1.88. The molecule has 1 aromatic carbocycles. The minimum atomic E-state index is -0.255. The van der Waals surface area contributed by atoms with Crippen molar-refractivity contribution in [2.75, 3.05) is 25.6 Å². The highest BCUT2D eigenvalue weighted by molar-refractivity contribution is 5.67. The number of aliphatic hydroxyl groups is 1. The third kappa shape index (κ3) is 2.57. The van der Waals surface area contributed by atoms with Gasteiger partial charge in [-0.25, -0.2) is 4.39 Å². The van der Waals surface area contributed by atoms with Crippen LogP contribution in [0, 0.1) is 5.82 Å². The number of halogens is 1. The summed E-state index contributed by atoms with van der Waals surface area (Å²) >= 11 is 0. The van der Waals surface area contributed by atoms with E-state index < -0.39 is 0 Å². The van der Waals surface area contributed by atoms with Gasteiger partial charge in [-0.15, -0.1) is 0 Å². The molecule has 14 heavy (non-hydrogen) atoms. The predicted octanol–water partition coefficient (Wildman–Crippen LogP) is 1.90. The van der Waals surface area contributed by atoms with E-state index in [0.717, 1.165) is 11.3 Å². The van der Waals surface area contributed by atoms with Gasteiger partial charge in [-0.05, 0) is 17.7 Å². The van der Waals surface area contributed by atoms with E-state index in [0.29, 0.717) is 0 Å². The van der Waals surface area contributed by atoms with Crippen LogP contribution < -0.4 is 4.90 Å². The maximum Gasteiger partial charge on any atom is 0.125 e. The van der Waals surface area contributed by atoms with Crippen LogP contribution in [-0.2, 0) is 0 Å². The minimum Gasteiger partial charge on any atom is -0.392 e. The Labute approximate surface area is 83.3 Å². The molecule has 1 rings (SSSR count). The molecule has 0 aliphatic heterocycles. The van der Waals surface area contributed by atoms with Crippen LogP contribution in [0.15, 0.2) is 24.3 Å². The van der Waals surface area contributed by atoms with Crippen LogP contribution in [0.4, 0.5) is 10.1 Å². The molecule has 3 heteroatoms. The average Bonchev–Trinajstić information content (AvgIpc) is 2.15. The lowest BCUT2D eigenvalue weighted by Crippen LogP contribution is -2.10. The zero-order valence-electron chi connectivity index (χ0n) is 8.37. The Bertz CT molecular complexity index is 334. The van der Waals surface area contributed by atoms with E-state index in [2.05, 4.69) is 0 Å². The van der Waals surface area contributed by atoms with E-state index in [9.17, 15) is 4.39 Å². The highest BCUT2D eigenvalue weighted by Crippen LogP contribution is 2.21. The van der Waals surface area contributed by atoms with Crippen LogP contribution in [0.3, 0.4) is 0 Å². The van der Waals surface area contributed by atoms with Gasteiger partial charge in [0.2, 0.25) is 0 Å². The molecule has 0 saturated heterocycles. The first kappa shape index (κ1) is 10.7. The zero-order chi connectivity index (χ0) is 10.6. The number of hydrogen-bond donors (Lipinski definition) is 1. The van der Waals surface area contributed by atoms with Crippen molar-refractivity contribution in [3.8, 4) is 0 Å². The van der Waals surface area contributed by atoms with Crippen molar-refractivity contribution in [3.05, 3.63) is 35.7 Å². The molecule has 0 saturated carbocycles. The molecule has 1 aromatic rings. The smallest absolute Gasteiger partial charge is 0.125 e. The van der Waals surface area contributed by atoms with Crippen molar-refractivity contribution >= 4 is 11.8 Å². The quantitative estimate of drug-likeness (QED) is 0.796. The van der Waals surface area contributed by atoms with Gasteiger partial charge in [0.05, 0.1) is 6.61 Å². The van der Waals surface area contributed by atoms with Crippen molar-refractivity contribution in [2.24, 2.45) is 0 Å². The Hall–Kier alpha value is -1.35. The summed E-state index contributed by atoms with van der Waals surface area (Å²) in [5.74, 6) is -0.255. The summed E-state index contributed by atoms with van der Waals surface area (Å²) in [6, 6.07) is 4.57. The van der Waals surface area contributed by atoms with Gasteiger partial charge in [-0.1, -0.05) is 18.2 Å². The van der Waals surface area contributed by atoms with Crippen molar-refractivity contribution in [3.63, 3.8) is 0 Å². The molecule has 0 bridgehead atoms. The lowest BCUT2D eigenvalue weighted by Gasteiger charge is -2.15. The molecule has 0 fully saturated rings. The second-order valence-corrected chi connectivity index (χ2v) is 3.18. The molecule has 0 radical (unpaired) electrons. The molecule has 0 atom stereocenters. The molecule has 76 valence electrons. The Morgan fingerprint density at radius 3 is 2.71 bits per heavy atom. The molecule has 0 amide bonds. The Morgan fingerprint density at radius 2 is 2.14 bits per heavy atom. The van der Waals surface area contributed by atoms with E-state index >= 15 is 0 Å². The van der Waals surface area contributed by atoms with Crippen LogP contribution in [-0.4, -0.2) is 25.8 Å². The molecule has 1 N–H and O–H groups in total. The average molecular weight is 195 g/mol. The maximum absolute atomic E-state index is 12.9. The zero-order valence-corrected chi connectivity index (χ0v) is 8.37. The second kappa shape index (κ2) is 4.77. The Morgan fingerprint density at radius 1 is 1.43 bits per heavy atom. The first-order valence-electron chi connectivity index (χ1n) is 4.39. The van der Waals surface area contributed by atoms with E-state index in [-0.39, 0.29) is 12.4 Å². The highest BCUT2D eigenvalue weighted by atomic mass is 19.1. The second-order valence-electron chi connectivity index (χ2n) is 3.18. The molecule has 0 spiro atoms. The molecule has 0 unspecified atom stereocenters.